The third-order valence-corrected chi connectivity index (χ3v) is 4.42. The Morgan fingerprint density at radius 2 is 2.04 bits per heavy atom. The van der Waals surface area contributed by atoms with Gasteiger partial charge in [-0.25, -0.2) is 4.68 Å². The molecule has 0 fully saturated rings. The van der Waals surface area contributed by atoms with Crippen LogP contribution in [0.1, 0.15) is 32.8 Å². The van der Waals surface area contributed by atoms with Gasteiger partial charge in [-0.2, -0.15) is 5.10 Å². The summed E-state index contributed by atoms with van der Waals surface area (Å²) in [6.07, 6.45) is 4.87. The molecule has 124 valence electrons. The lowest BCUT2D eigenvalue weighted by Gasteiger charge is -2.33. The molecule has 0 aliphatic heterocycles. The molecule has 23 heavy (non-hydrogen) atoms. The van der Waals surface area contributed by atoms with E-state index in [9.17, 15) is 4.79 Å². The van der Waals surface area contributed by atoms with Crippen molar-refractivity contribution in [3.63, 3.8) is 0 Å². The van der Waals surface area contributed by atoms with Gasteiger partial charge in [0.25, 0.3) is 0 Å². The molecule has 0 saturated heterocycles. The number of para-hydroxylation sites is 1. The van der Waals surface area contributed by atoms with E-state index < -0.39 is 0 Å². The molecule has 0 spiro atoms. The Hall–Kier alpha value is -2.14. The second kappa shape index (κ2) is 7.42. The van der Waals surface area contributed by atoms with Crippen molar-refractivity contribution in [2.75, 3.05) is 6.54 Å². The molecular formula is C18H26N4O. The Kier molecular flexibility index (Phi) is 5.55. The van der Waals surface area contributed by atoms with Crippen LogP contribution in [0.2, 0.25) is 0 Å². The molecule has 2 rings (SSSR count). The van der Waals surface area contributed by atoms with Gasteiger partial charge in [0.2, 0.25) is 5.91 Å². The molecule has 1 amide bonds. The minimum absolute atomic E-state index is 0.0270. The van der Waals surface area contributed by atoms with E-state index >= 15 is 0 Å². The van der Waals surface area contributed by atoms with Crippen molar-refractivity contribution in [2.45, 2.75) is 39.2 Å². The number of aryl methyl sites for hydroxylation is 1. The number of amides is 1. The average Bonchev–Trinajstić information content (AvgIpc) is 3.02. The normalized spacial score (nSPS) is 13.8. The summed E-state index contributed by atoms with van der Waals surface area (Å²) in [5.41, 5.74) is 7.50. The first-order valence-corrected chi connectivity index (χ1v) is 8.04. The molecule has 1 atom stereocenters. The molecule has 1 heterocycles. The molecule has 0 saturated carbocycles. The molecule has 0 bridgehead atoms. The molecule has 2 aromatic rings. The standard InChI is InChI=1S/C18H26N4O/c1-14(2)18(3,13-19)21-17(23)10-9-15-11-20-22(12-15)16-7-5-4-6-8-16/h4-8,11-12,14H,9-10,13,19H2,1-3H3,(H,21,23). The maximum absolute atomic E-state index is 12.2. The highest BCUT2D eigenvalue weighted by Gasteiger charge is 2.28. The van der Waals surface area contributed by atoms with E-state index in [1.54, 1.807) is 0 Å². The first kappa shape index (κ1) is 17.2. The molecular weight excluding hydrogens is 288 g/mol. The van der Waals surface area contributed by atoms with Crippen LogP contribution in [0.25, 0.3) is 5.69 Å². The van der Waals surface area contributed by atoms with Crippen LogP contribution in [0.5, 0.6) is 0 Å². The predicted molar refractivity (Wildman–Crippen MR) is 92.3 cm³/mol. The van der Waals surface area contributed by atoms with Crippen molar-refractivity contribution >= 4 is 5.91 Å². The van der Waals surface area contributed by atoms with Crippen LogP contribution < -0.4 is 11.1 Å². The number of hydrogen-bond donors (Lipinski definition) is 2. The van der Waals surface area contributed by atoms with E-state index in [0.717, 1.165) is 11.3 Å². The Bertz CT molecular complexity index is 635. The highest BCUT2D eigenvalue weighted by Crippen LogP contribution is 2.15. The van der Waals surface area contributed by atoms with Crippen LogP contribution in [0, 0.1) is 5.92 Å². The van der Waals surface area contributed by atoms with Gasteiger partial charge in [0.1, 0.15) is 0 Å². The second-order valence-corrected chi connectivity index (χ2v) is 6.45. The van der Waals surface area contributed by atoms with Crippen molar-refractivity contribution in [2.24, 2.45) is 11.7 Å². The first-order chi connectivity index (χ1) is 10.9. The molecule has 0 aliphatic rings. The van der Waals surface area contributed by atoms with E-state index in [0.29, 0.717) is 19.4 Å². The summed E-state index contributed by atoms with van der Waals surface area (Å²) in [7, 11) is 0. The number of rotatable bonds is 7. The fourth-order valence-electron chi connectivity index (χ4n) is 2.28. The number of hydrogen-bond acceptors (Lipinski definition) is 3. The minimum atomic E-state index is -0.356. The zero-order valence-electron chi connectivity index (χ0n) is 14.1. The number of aromatic nitrogens is 2. The summed E-state index contributed by atoms with van der Waals surface area (Å²) in [4.78, 5) is 12.2. The van der Waals surface area contributed by atoms with Gasteiger partial charge in [-0.05, 0) is 37.0 Å². The summed E-state index contributed by atoms with van der Waals surface area (Å²) < 4.78 is 1.82. The summed E-state index contributed by atoms with van der Waals surface area (Å²) in [6.45, 7) is 6.55. The first-order valence-electron chi connectivity index (χ1n) is 8.04. The number of nitrogens with zero attached hydrogens (tertiary/aromatic N) is 2. The van der Waals surface area contributed by atoms with E-state index in [1.165, 1.54) is 0 Å². The Morgan fingerprint density at radius 3 is 2.65 bits per heavy atom. The lowest BCUT2D eigenvalue weighted by molar-refractivity contribution is -0.123. The predicted octanol–water partition coefficient (Wildman–Crippen LogP) is 2.29. The Labute approximate surface area is 137 Å². The van der Waals surface area contributed by atoms with Gasteiger partial charge in [0.05, 0.1) is 17.4 Å². The third kappa shape index (κ3) is 4.42. The third-order valence-electron chi connectivity index (χ3n) is 4.42. The zero-order valence-corrected chi connectivity index (χ0v) is 14.1. The van der Waals surface area contributed by atoms with Crippen molar-refractivity contribution in [3.8, 4) is 5.69 Å². The van der Waals surface area contributed by atoms with Crippen molar-refractivity contribution in [1.29, 1.82) is 0 Å². The summed E-state index contributed by atoms with van der Waals surface area (Å²) in [5, 5.41) is 7.41. The topological polar surface area (TPSA) is 72.9 Å². The fraction of sp³-hybridized carbons (Fsp3) is 0.444. The van der Waals surface area contributed by atoms with E-state index in [-0.39, 0.29) is 17.4 Å². The van der Waals surface area contributed by atoms with Gasteiger partial charge in [0, 0.05) is 19.2 Å². The lowest BCUT2D eigenvalue weighted by atomic mass is 9.88. The van der Waals surface area contributed by atoms with Crippen LogP contribution in [0.4, 0.5) is 0 Å². The molecule has 1 unspecified atom stereocenters. The fourth-order valence-corrected chi connectivity index (χ4v) is 2.28. The van der Waals surface area contributed by atoms with E-state index in [2.05, 4.69) is 24.3 Å². The highest BCUT2D eigenvalue weighted by molar-refractivity contribution is 5.77. The molecule has 3 N–H and O–H groups in total. The van der Waals surface area contributed by atoms with Crippen LogP contribution in [-0.2, 0) is 11.2 Å². The lowest BCUT2D eigenvalue weighted by Crippen LogP contribution is -2.55. The van der Waals surface area contributed by atoms with Crippen molar-refractivity contribution in [1.82, 2.24) is 15.1 Å². The maximum atomic E-state index is 12.2. The van der Waals surface area contributed by atoms with Crippen molar-refractivity contribution < 1.29 is 4.79 Å². The van der Waals surface area contributed by atoms with Crippen LogP contribution >= 0.6 is 0 Å². The minimum Gasteiger partial charge on any atom is -0.349 e. The number of nitrogens with two attached hydrogens (primary N) is 1. The number of nitrogens with one attached hydrogen (secondary N) is 1. The maximum Gasteiger partial charge on any atom is 0.220 e. The molecule has 0 aliphatic carbocycles. The van der Waals surface area contributed by atoms with Crippen molar-refractivity contribution in [3.05, 3.63) is 48.3 Å². The number of benzene rings is 1. The molecule has 5 nitrogen and oxygen atoms in total. The summed E-state index contributed by atoms with van der Waals surface area (Å²) in [5.74, 6) is 0.316. The second-order valence-electron chi connectivity index (χ2n) is 6.45. The van der Waals surface area contributed by atoms with Gasteiger partial charge in [-0.3, -0.25) is 4.79 Å². The largest absolute Gasteiger partial charge is 0.349 e. The molecule has 0 radical (unpaired) electrons. The van der Waals surface area contributed by atoms with E-state index in [1.807, 2.05) is 54.3 Å². The molecule has 1 aromatic carbocycles. The van der Waals surface area contributed by atoms with Gasteiger partial charge in [-0.15, -0.1) is 0 Å². The Morgan fingerprint density at radius 1 is 1.35 bits per heavy atom. The number of carbonyl (C=O) groups is 1. The molecule has 1 aromatic heterocycles. The molecule has 5 heteroatoms. The monoisotopic (exact) mass is 314 g/mol. The summed E-state index contributed by atoms with van der Waals surface area (Å²) >= 11 is 0. The zero-order chi connectivity index (χ0) is 16.9. The SMILES string of the molecule is CC(C)C(C)(CN)NC(=O)CCc1cnn(-c2ccccc2)c1. The Balaban J connectivity index is 1.92. The smallest absolute Gasteiger partial charge is 0.220 e. The van der Waals surface area contributed by atoms with Gasteiger partial charge in [0.15, 0.2) is 0 Å². The average molecular weight is 314 g/mol. The van der Waals surface area contributed by atoms with Gasteiger partial charge >= 0.3 is 0 Å². The number of carbonyl (C=O) groups excluding carboxylic acids is 1. The van der Waals surface area contributed by atoms with Crippen LogP contribution in [0.3, 0.4) is 0 Å². The van der Waals surface area contributed by atoms with Gasteiger partial charge in [-0.1, -0.05) is 32.0 Å². The highest BCUT2D eigenvalue weighted by atomic mass is 16.1. The quantitative estimate of drug-likeness (QED) is 0.823. The van der Waals surface area contributed by atoms with E-state index in [4.69, 9.17) is 5.73 Å². The summed E-state index contributed by atoms with van der Waals surface area (Å²) in [6, 6.07) is 9.92. The van der Waals surface area contributed by atoms with Crippen LogP contribution in [0.15, 0.2) is 42.7 Å². The van der Waals surface area contributed by atoms with Crippen LogP contribution in [-0.4, -0.2) is 27.8 Å². The van der Waals surface area contributed by atoms with Gasteiger partial charge < -0.3 is 11.1 Å².